The number of hydrogen-bond acceptors (Lipinski definition) is 4. The number of piperazine rings is 1. The predicted octanol–water partition coefficient (Wildman–Crippen LogP) is 1.83. The molecule has 28 heavy (non-hydrogen) atoms. The summed E-state index contributed by atoms with van der Waals surface area (Å²) in [5.74, 6) is -2.66. The molecule has 0 unspecified atom stereocenters. The van der Waals surface area contributed by atoms with Crippen molar-refractivity contribution in [2.24, 2.45) is 0 Å². The van der Waals surface area contributed by atoms with E-state index in [0.717, 1.165) is 12.1 Å². The molecule has 1 amide bonds. The van der Waals surface area contributed by atoms with E-state index >= 15 is 0 Å². The average molecular weight is 409 g/mol. The minimum Gasteiger partial charge on any atom is -0.348 e. The molecule has 0 radical (unpaired) electrons. The lowest BCUT2D eigenvalue weighted by Gasteiger charge is -2.31. The average Bonchev–Trinajstić information content (AvgIpc) is 2.69. The standard InChI is InChI=1S/C19H21F2N3O3S/c1-23-8-10-24(11-9-23)28(26,27)16-5-2-14(3-6-16)13-22-19(25)15-4-7-17(20)18(21)12-15/h2-7,12H,8-11,13H2,1H3,(H,22,25). The zero-order valence-corrected chi connectivity index (χ0v) is 16.2. The molecule has 2 aromatic carbocycles. The molecule has 0 spiro atoms. The predicted molar refractivity (Wildman–Crippen MR) is 100 cm³/mol. The number of likely N-dealkylation sites (N-methyl/N-ethyl adjacent to an activating group) is 1. The van der Waals surface area contributed by atoms with Crippen LogP contribution >= 0.6 is 0 Å². The minimum absolute atomic E-state index is 0.00756. The summed E-state index contributed by atoms with van der Waals surface area (Å²) in [5.41, 5.74) is 0.696. The summed E-state index contributed by atoms with van der Waals surface area (Å²) >= 11 is 0. The van der Waals surface area contributed by atoms with E-state index in [2.05, 4.69) is 10.2 Å². The highest BCUT2D eigenvalue weighted by Gasteiger charge is 2.27. The maximum absolute atomic E-state index is 13.2. The summed E-state index contributed by atoms with van der Waals surface area (Å²) in [5, 5.41) is 2.59. The number of nitrogens with zero attached hydrogens (tertiary/aromatic N) is 2. The molecule has 0 aromatic heterocycles. The topological polar surface area (TPSA) is 69.7 Å². The van der Waals surface area contributed by atoms with Crippen LogP contribution in [0.4, 0.5) is 8.78 Å². The van der Waals surface area contributed by atoms with E-state index < -0.39 is 27.6 Å². The highest BCUT2D eigenvalue weighted by Crippen LogP contribution is 2.18. The number of hydrogen-bond donors (Lipinski definition) is 1. The molecule has 9 heteroatoms. The fourth-order valence-electron chi connectivity index (χ4n) is 2.88. The molecule has 1 aliphatic heterocycles. The van der Waals surface area contributed by atoms with Gasteiger partial charge in [-0.2, -0.15) is 4.31 Å². The van der Waals surface area contributed by atoms with E-state index in [4.69, 9.17) is 0 Å². The first-order valence-electron chi connectivity index (χ1n) is 8.78. The molecule has 0 atom stereocenters. The number of nitrogens with one attached hydrogen (secondary N) is 1. The number of amides is 1. The summed E-state index contributed by atoms with van der Waals surface area (Å²) in [4.78, 5) is 14.3. The molecule has 0 aliphatic carbocycles. The molecule has 2 aromatic rings. The molecule has 1 fully saturated rings. The van der Waals surface area contributed by atoms with E-state index in [-0.39, 0.29) is 17.0 Å². The summed E-state index contributed by atoms with van der Waals surface area (Å²) in [6.07, 6.45) is 0. The van der Waals surface area contributed by atoms with E-state index in [9.17, 15) is 22.0 Å². The lowest BCUT2D eigenvalue weighted by Crippen LogP contribution is -2.47. The zero-order valence-electron chi connectivity index (χ0n) is 15.4. The van der Waals surface area contributed by atoms with Crippen LogP contribution < -0.4 is 5.32 Å². The Kier molecular flexibility index (Phi) is 6.07. The smallest absolute Gasteiger partial charge is 0.251 e. The van der Waals surface area contributed by atoms with E-state index in [0.29, 0.717) is 31.7 Å². The van der Waals surface area contributed by atoms with E-state index in [1.165, 1.54) is 22.5 Å². The molecule has 3 rings (SSSR count). The van der Waals surface area contributed by atoms with Crippen LogP contribution in [0.15, 0.2) is 47.4 Å². The van der Waals surface area contributed by atoms with Gasteiger partial charge in [0.2, 0.25) is 10.0 Å². The van der Waals surface area contributed by atoms with Crippen LogP contribution in [0.3, 0.4) is 0 Å². The molecular weight excluding hydrogens is 388 g/mol. The maximum Gasteiger partial charge on any atom is 0.251 e. The Hall–Kier alpha value is -2.36. The molecular formula is C19H21F2N3O3S. The van der Waals surface area contributed by atoms with Gasteiger partial charge in [-0.15, -0.1) is 0 Å². The quantitative estimate of drug-likeness (QED) is 0.818. The van der Waals surface area contributed by atoms with Crippen molar-refractivity contribution in [3.05, 3.63) is 65.2 Å². The number of benzene rings is 2. The molecule has 0 bridgehead atoms. The third-order valence-corrected chi connectivity index (χ3v) is 6.57. The van der Waals surface area contributed by atoms with Crippen LogP contribution in [0.25, 0.3) is 0 Å². The number of carbonyl (C=O) groups excluding carboxylic acids is 1. The Morgan fingerprint density at radius 1 is 1.00 bits per heavy atom. The molecule has 1 saturated heterocycles. The van der Waals surface area contributed by atoms with Crippen LogP contribution in [-0.2, 0) is 16.6 Å². The van der Waals surface area contributed by atoms with Gasteiger partial charge in [-0.1, -0.05) is 12.1 Å². The number of halogens is 2. The van der Waals surface area contributed by atoms with Gasteiger partial charge >= 0.3 is 0 Å². The summed E-state index contributed by atoms with van der Waals surface area (Å²) in [6.45, 7) is 2.41. The largest absolute Gasteiger partial charge is 0.348 e. The first-order valence-corrected chi connectivity index (χ1v) is 10.2. The van der Waals surface area contributed by atoms with Gasteiger partial charge in [0.05, 0.1) is 4.90 Å². The Morgan fingerprint density at radius 3 is 2.25 bits per heavy atom. The second-order valence-corrected chi connectivity index (χ2v) is 8.60. The Balaban J connectivity index is 1.62. The van der Waals surface area contributed by atoms with Crippen LogP contribution in [0, 0.1) is 11.6 Å². The normalized spacial score (nSPS) is 16.1. The number of carbonyl (C=O) groups is 1. The fraction of sp³-hybridized carbons (Fsp3) is 0.316. The Morgan fingerprint density at radius 2 is 1.64 bits per heavy atom. The summed E-state index contributed by atoms with van der Waals surface area (Å²) < 4.78 is 53.0. The highest BCUT2D eigenvalue weighted by atomic mass is 32.2. The summed E-state index contributed by atoms with van der Waals surface area (Å²) in [7, 11) is -1.59. The second-order valence-electron chi connectivity index (χ2n) is 6.66. The van der Waals surface area contributed by atoms with Gasteiger partial charge in [-0.05, 0) is 42.9 Å². The molecule has 150 valence electrons. The van der Waals surface area contributed by atoms with Crippen molar-refractivity contribution in [1.29, 1.82) is 0 Å². The van der Waals surface area contributed by atoms with Gasteiger partial charge in [0.25, 0.3) is 5.91 Å². The lowest BCUT2D eigenvalue weighted by molar-refractivity contribution is 0.0950. The Bertz CT molecular complexity index is 957. The SMILES string of the molecule is CN1CCN(S(=O)(=O)c2ccc(CNC(=O)c3ccc(F)c(F)c3)cc2)CC1. The monoisotopic (exact) mass is 409 g/mol. The summed E-state index contributed by atoms with van der Waals surface area (Å²) in [6, 6.07) is 9.17. The third kappa shape index (κ3) is 4.54. The van der Waals surface area contributed by atoms with Crippen molar-refractivity contribution in [1.82, 2.24) is 14.5 Å². The van der Waals surface area contributed by atoms with Crippen LogP contribution in [-0.4, -0.2) is 56.8 Å². The minimum atomic E-state index is -3.54. The molecule has 0 saturated carbocycles. The molecule has 1 aliphatic rings. The molecule has 1 heterocycles. The van der Waals surface area contributed by atoms with Crippen LogP contribution in [0.5, 0.6) is 0 Å². The van der Waals surface area contributed by atoms with Gasteiger partial charge in [0, 0.05) is 38.3 Å². The van der Waals surface area contributed by atoms with Crippen LogP contribution in [0.2, 0.25) is 0 Å². The van der Waals surface area contributed by atoms with Crippen molar-refractivity contribution >= 4 is 15.9 Å². The second kappa shape index (κ2) is 8.34. The first-order chi connectivity index (χ1) is 13.3. The molecule has 6 nitrogen and oxygen atoms in total. The molecule has 1 N–H and O–H groups in total. The maximum atomic E-state index is 13.2. The van der Waals surface area contributed by atoms with Crippen molar-refractivity contribution in [2.75, 3.05) is 33.2 Å². The van der Waals surface area contributed by atoms with E-state index in [1.54, 1.807) is 12.1 Å². The van der Waals surface area contributed by atoms with Gasteiger partial charge in [0.1, 0.15) is 0 Å². The number of rotatable bonds is 5. The van der Waals surface area contributed by atoms with Crippen molar-refractivity contribution in [3.63, 3.8) is 0 Å². The van der Waals surface area contributed by atoms with Crippen molar-refractivity contribution < 1.29 is 22.0 Å². The lowest BCUT2D eigenvalue weighted by atomic mass is 10.2. The van der Waals surface area contributed by atoms with Gasteiger partial charge in [-0.25, -0.2) is 17.2 Å². The van der Waals surface area contributed by atoms with Gasteiger partial charge in [0.15, 0.2) is 11.6 Å². The first kappa shape index (κ1) is 20.4. The Labute approximate surface area is 162 Å². The highest BCUT2D eigenvalue weighted by molar-refractivity contribution is 7.89. The van der Waals surface area contributed by atoms with E-state index in [1.807, 2.05) is 7.05 Å². The van der Waals surface area contributed by atoms with Crippen molar-refractivity contribution in [2.45, 2.75) is 11.4 Å². The van der Waals surface area contributed by atoms with Gasteiger partial charge < -0.3 is 10.2 Å². The van der Waals surface area contributed by atoms with Crippen molar-refractivity contribution in [3.8, 4) is 0 Å². The number of sulfonamides is 1. The van der Waals surface area contributed by atoms with Crippen LogP contribution in [0.1, 0.15) is 15.9 Å². The zero-order chi connectivity index (χ0) is 20.3. The third-order valence-electron chi connectivity index (χ3n) is 4.66. The fourth-order valence-corrected chi connectivity index (χ4v) is 4.30. The van der Waals surface area contributed by atoms with Gasteiger partial charge in [-0.3, -0.25) is 4.79 Å².